The summed E-state index contributed by atoms with van der Waals surface area (Å²) >= 11 is 2.95. The van der Waals surface area contributed by atoms with E-state index in [0.717, 1.165) is 9.79 Å². The van der Waals surface area contributed by atoms with Gasteiger partial charge in [-0.05, 0) is 48.9 Å². The summed E-state index contributed by atoms with van der Waals surface area (Å²) in [5.41, 5.74) is 5.69. The van der Waals surface area contributed by atoms with E-state index >= 15 is 0 Å². The topological polar surface area (TPSA) is 55.1 Å². The maximum Gasteiger partial charge on any atom is 0.221 e. The van der Waals surface area contributed by atoms with E-state index in [1.807, 2.05) is 12.5 Å². The molecular formula is C16H19F2N2OS4-3. The predicted octanol–water partition coefficient (Wildman–Crippen LogP) is 4.36. The Morgan fingerprint density at radius 3 is 1.88 bits per heavy atom. The summed E-state index contributed by atoms with van der Waals surface area (Å²) in [4.78, 5) is 12.4. The Balaban J connectivity index is 0. The molecule has 0 radical (unpaired) electrons. The zero-order valence-electron chi connectivity index (χ0n) is 13.9. The van der Waals surface area contributed by atoms with Gasteiger partial charge in [0.2, 0.25) is 5.91 Å². The lowest BCUT2D eigenvalue weighted by Crippen LogP contribution is -2.07. The zero-order valence-corrected chi connectivity index (χ0v) is 17.2. The molecule has 0 aromatic heterocycles. The molecule has 3 N–H and O–H groups in total. The van der Waals surface area contributed by atoms with Gasteiger partial charge in [0.05, 0.1) is 11.4 Å². The van der Waals surface area contributed by atoms with Gasteiger partial charge in [0.15, 0.2) is 0 Å². The Labute approximate surface area is 169 Å². The largest absolute Gasteiger partial charge is 2.00 e. The predicted molar refractivity (Wildman–Crippen MR) is 111 cm³/mol. The van der Waals surface area contributed by atoms with Gasteiger partial charge < -0.3 is 38.0 Å². The number of carbonyl (C=O) groups is 1. The molecule has 0 unspecified atom stereocenters. The minimum atomic E-state index is -0.401. The molecule has 0 bridgehead atoms. The van der Waals surface area contributed by atoms with Crippen LogP contribution in [0.15, 0.2) is 46.2 Å². The van der Waals surface area contributed by atoms with E-state index in [9.17, 15) is 13.6 Å². The molecule has 2 rings (SSSR count). The van der Waals surface area contributed by atoms with Gasteiger partial charge in [0.25, 0.3) is 0 Å². The maximum atomic E-state index is 13.2. The molecule has 0 spiro atoms. The second-order valence-electron chi connectivity index (χ2n) is 4.41. The van der Waals surface area contributed by atoms with Gasteiger partial charge in [-0.25, -0.2) is 8.78 Å². The molecule has 0 aliphatic carbocycles. The van der Waals surface area contributed by atoms with Gasteiger partial charge in [-0.3, -0.25) is 4.79 Å². The first kappa shape index (κ1) is 26.2. The lowest BCUT2D eigenvalue weighted by Gasteiger charge is -2.04. The molecule has 140 valence electrons. The summed E-state index contributed by atoms with van der Waals surface area (Å²) in [5, 5.41) is 2.40. The van der Waals surface area contributed by atoms with Crippen molar-refractivity contribution in [2.75, 3.05) is 23.6 Å². The van der Waals surface area contributed by atoms with E-state index in [0.29, 0.717) is 0 Å². The van der Waals surface area contributed by atoms with E-state index in [1.54, 1.807) is 24.3 Å². The van der Waals surface area contributed by atoms with Crippen LogP contribution in [0.3, 0.4) is 0 Å². The number of carbonyl (C=O) groups excluding carboxylic acids is 1. The molecule has 0 fully saturated rings. The van der Waals surface area contributed by atoms with E-state index < -0.39 is 5.82 Å². The first-order chi connectivity index (χ1) is 10.9. The van der Waals surface area contributed by atoms with Gasteiger partial charge in [-0.2, -0.15) is 0 Å². The number of halogens is 2. The van der Waals surface area contributed by atoms with Crippen molar-refractivity contribution < 1.29 is 13.6 Å². The lowest BCUT2D eigenvalue weighted by atomic mass is 10.3. The number of thiol groups is 1. The second-order valence-corrected chi connectivity index (χ2v) is 6.17. The molecule has 1 amide bonds. The third-order valence-electron chi connectivity index (χ3n) is 2.69. The number of hydrogen-bond acceptors (Lipinski definition) is 5. The van der Waals surface area contributed by atoms with Crippen molar-refractivity contribution in [3.63, 3.8) is 0 Å². The number of amides is 1. The van der Waals surface area contributed by atoms with Crippen LogP contribution in [0.25, 0.3) is 0 Å². The highest BCUT2D eigenvalue weighted by atomic mass is 32.2. The highest BCUT2D eigenvalue weighted by Crippen LogP contribution is 2.21. The van der Waals surface area contributed by atoms with Crippen LogP contribution in [0.5, 0.6) is 0 Å². The average Bonchev–Trinajstić information content (AvgIpc) is 2.52. The number of nitrogens with one attached hydrogen (secondary N) is 1. The molecule has 3 nitrogen and oxygen atoms in total. The molecule has 0 saturated carbocycles. The van der Waals surface area contributed by atoms with Crippen LogP contribution in [-0.2, 0) is 31.8 Å². The van der Waals surface area contributed by atoms with E-state index in [1.165, 1.54) is 42.6 Å². The first-order valence-electron chi connectivity index (χ1n) is 6.57. The molecule has 25 heavy (non-hydrogen) atoms. The van der Waals surface area contributed by atoms with Crippen LogP contribution in [0.4, 0.5) is 20.2 Å². The molecule has 0 saturated heterocycles. The number of nitrogens with two attached hydrogens (primary N) is 1. The fourth-order valence-electron chi connectivity index (χ4n) is 1.55. The lowest BCUT2D eigenvalue weighted by molar-refractivity contribution is -0.114. The Bertz CT molecular complexity index is 687. The van der Waals surface area contributed by atoms with Crippen molar-refractivity contribution in [1.29, 1.82) is 0 Å². The second kappa shape index (κ2) is 13.2. The summed E-state index contributed by atoms with van der Waals surface area (Å²) in [6.45, 7) is 1.35. The van der Waals surface area contributed by atoms with Crippen LogP contribution in [0.2, 0.25) is 0 Å². The third-order valence-corrected chi connectivity index (χ3v) is 4.15. The standard InChI is InChI=1S/C9H10FNOS.C7H8FNS.H2S.S/c1-6(12)11-9-4-3-7(13-2)5-8(9)10;1-10-5-2-3-7(9)6(8)4-5;;/h3-5H,1-2H3,(H,11,12);2-4H,9H2,1H3;1H2;/q;;;-2/p-1. The minimum Gasteiger partial charge on any atom is -2.00 e. The van der Waals surface area contributed by atoms with Crippen molar-refractivity contribution >= 4 is 67.8 Å². The summed E-state index contributed by atoms with van der Waals surface area (Å²) < 4.78 is 25.8. The van der Waals surface area contributed by atoms with Crippen molar-refractivity contribution in [3.05, 3.63) is 48.0 Å². The summed E-state index contributed by atoms with van der Waals surface area (Å²) in [5.74, 6) is -1.01. The monoisotopic (exact) mass is 421 g/mol. The normalized spacial score (nSPS) is 9.00. The number of thioether (sulfide) groups is 2. The Hall–Kier alpha value is -1.03. The summed E-state index contributed by atoms with van der Waals surface area (Å²) in [7, 11) is 0. The first-order valence-corrected chi connectivity index (χ1v) is 9.02. The van der Waals surface area contributed by atoms with Gasteiger partial charge in [0.1, 0.15) is 11.6 Å². The molecule has 0 aliphatic heterocycles. The van der Waals surface area contributed by atoms with E-state index in [-0.39, 0.29) is 50.1 Å². The zero-order chi connectivity index (χ0) is 17.4. The van der Waals surface area contributed by atoms with Crippen molar-refractivity contribution in [2.45, 2.75) is 16.7 Å². The van der Waals surface area contributed by atoms with Gasteiger partial charge >= 0.3 is 0 Å². The van der Waals surface area contributed by atoms with Crippen LogP contribution >= 0.6 is 23.5 Å². The van der Waals surface area contributed by atoms with Gasteiger partial charge in [-0.1, -0.05) is 0 Å². The summed E-state index contributed by atoms with van der Waals surface area (Å²) in [6.07, 6.45) is 3.76. The van der Waals surface area contributed by atoms with Crippen molar-refractivity contribution in [1.82, 2.24) is 0 Å². The molecular weight excluding hydrogens is 402 g/mol. The number of nitrogen functional groups attached to an aromatic ring is 1. The van der Waals surface area contributed by atoms with Gasteiger partial charge in [-0.15, -0.1) is 23.5 Å². The third kappa shape index (κ3) is 9.29. The van der Waals surface area contributed by atoms with Crippen LogP contribution < -0.4 is 11.1 Å². The Kier molecular flexibility index (Phi) is 13.8. The number of hydrogen-bond donors (Lipinski definition) is 2. The van der Waals surface area contributed by atoms with E-state index in [4.69, 9.17) is 5.73 Å². The molecule has 2 aromatic carbocycles. The molecule has 0 aliphatic rings. The SMILES string of the molecule is CSc1ccc(N)c(F)c1.CSc1ccc(NC(C)=O)c(F)c1.[S-2].[SH-]. The average molecular weight is 422 g/mol. The van der Waals surface area contributed by atoms with Crippen LogP contribution in [-0.4, -0.2) is 18.4 Å². The molecule has 0 atom stereocenters. The Morgan fingerprint density at radius 2 is 1.48 bits per heavy atom. The molecule has 0 heterocycles. The van der Waals surface area contributed by atoms with Crippen molar-refractivity contribution in [2.24, 2.45) is 0 Å². The fraction of sp³-hybridized carbons (Fsp3) is 0.188. The fourth-order valence-corrected chi connectivity index (χ4v) is 2.40. The van der Waals surface area contributed by atoms with Crippen LogP contribution in [0.1, 0.15) is 6.92 Å². The molecule has 2 aromatic rings. The van der Waals surface area contributed by atoms with E-state index in [2.05, 4.69) is 5.32 Å². The number of benzene rings is 2. The van der Waals surface area contributed by atoms with Gasteiger partial charge in [0, 0.05) is 16.7 Å². The molecule has 9 heteroatoms. The Morgan fingerprint density at radius 1 is 1.00 bits per heavy atom. The number of anilines is 2. The minimum absolute atomic E-state index is 0. The quantitative estimate of drug-likeness (QED) is 0.334. The number of rotatable bonds is 3. The smallest absolute Gasteiger partial charge is 0.221 e. The van der Waals surface area contributed by atoms with Crippen LogP contribution in [0, 0.1) is 11.6 Å². The maximum absolute atomic E-state index is 13.2. The van der Waals surface area contributed by atoms with Crippen molar-refractivity contribution in [3.8, 4) is 0 Å². The highest BCUT2D eigenvalue weighted by Gasteiger charge is 2.03. The highest BCUT2D eigenvalue weighted by molar-refractivity contribution is 7.98. The summed E-state index contributed by atoms with van der Waals surface area (Å²) in [6, 6.07) is 9.52.